The normalized spacial score (nSPS) is 10.3. The molecule has 0 aliphatic heterocycles. The third-order valence-corrected chi connectivity index (χ3v) is 4.36. The van der Waals surface area contributed by atoms with Crippen molar-refractivity contribution in [2.45, 2.75) is 6.92 Å². The Kier molecular flexibility index (Phi) is 5.52. The number of aromatic nitrogens is 1. The Labute approximate surface area is 162 Å². The molecule has 0 unspecified atom stereocenters. The lowest BCUT2D eigenvalue weighted by molar-refractivity contribution is 0.0988. The highest BCUT2D eigenvalue weighted by molar-refractivity contribution is 6.30. The lowest BCUT2D eigenvalue weighted by Crippen LogP contribution is -2.27. The summed E-state index contributed by atoms with van der Waals surface area (Å²) < 4.78 is 0. The SMILES string of the molecule is Cc1cc(Cl)ccc1NC(=O)c1ccnc(C(=O)N(C)c2ccccc2)c1. The fourth-order valence-electron chi connectivity index (χ4n) is 2.59. The van der Waals surface area contributed by atoms with Gasteiger partial charge in [0.25, 0.3) is 11.8 Å². The number of carbonyl (C=O) groups is 2. The first kappa shape index (κ1) is 18.6. The maximum atomic E-state index is 12.7. The number of pyridine rings is 1. The summed E-state index contributed by atoms with van der Waals surface area (Å²) in [5.41, 5.74) is 2.81. The van der Waals surface area contributed by atoms with E-state index in [2.05, 4.69) is 10.3 Å². The van der Waals surface area contributed by atoms with Gasteiger partial charge in [0.2, 0.25) is 0 Å². The van der Waals surface area contributed by atoms with E-state index in [9.17, 15) is 9.59 Å². The molecular weight excluding hydrogens is 362 g/mol. The van der Waals surface area contributed by atoms with Gasteiger partial charge in [-0.3, -0.25) is 14.6 Å². The molecule has 27 heavy (non-hydrogen) atoms. The fraction of sp³-hybridized carbons (Fsp3) is 0.0952. The molecule has 0 saturated carbocycles. The molecule has 6 heteroatoms. The number of anilines is 2. The molecule has 0 radical (unpaired) electrons. The van der Waals surface area contributed by atoms with Crippen LogP contribution < -0.4 is 10.2 Å². The van der Waals surface area contributed by atoms with Gasteiger partial charge >= 0.3 is 0 Å². The minimum absolute atomic E-state index is 0.196. The lowest BCUT2D eigenvalue weighted by atomic mass is 10.1. The molecular formula is C21H18ClN3O2. The van der Waals surface area contributed by atoms with E-state index in [1.165, 1.54) is 17.2 Å². The summed E-state index contributed by atoms with van der Waals surface area (Å²) in [5.74, 6) is -0.613. The standard InChI is InChI=1S/C21H18ClN3O2/c1-14-12-16(22)8-9-18(14)24-20(26)15-10-11-23-19(13-15)21(27)25(2)17-6-4-3-5-7-17/h3-13H,1-2H3,(H,24,26). The van der Waals surface area contributed by atoms with Gasteiger partial charge in [0.15, 0.2) is 0 Å². The van der Waals surface area contributed by atoms with Crippen molar-refractivity contribution in [2.24, 2.45) is 0 Å². The minimum atomic E-state index is -0.320. The molecule has 1 N–H and O–H groups in total. The number of benzene rings is 2. The van der Waals surface area contributed by atoms with E-state index in [1.54, 1.807) is 31.3 Å². The summed E-state index contributed by atoms with van der Waals surface area (Å²) in [6.07, 6.45) is 1.45. The van der Waals surface area contributed by atoms with E-state index in [0.717, 1.165) is 11.3 Å². The van der Waals surface area contributed by atoms with Crippen molar-refractivity contribution in [2.75, 3.05) is 17.3 Å². The van der Waals surface area contributed by atoms with Crippen molar-refractivity contribution in [1.82, 2.24) is 4.98 Å². The van der Waals surface area contributed by atoms with Crippen LogP contribution in [-0.4, -0.2) is 23.8 Å². The zero-order valence-corrected chi connectivity index (χ0v) is 15.7. The van der Waals surface area contributed by atoms with Crippen molar-refractivity contribution < 1.29 is 9.59 Å². The summed E-state index contributed by atoms with van der Waals surface area (Å²) >= 11 is 5.94. The van der Waals surface area contributed by atoms with Crippen molar-refractivity contribution in [3.05, 3.63) is 88.7 Å². The Bertz CT molecular complexity index is 990. The first-order valence-electron chi connectivity index (χ1n) is 8.32. The summed E-state index contributed by atoms with van der Waals surface area (Å²) in [5, 5.41) is 3.43. The summed E-state index contributed by atoms with van der Waals surface area (Å²) in [6.45, 7) is 1.86. The van der Waals surface area contributed by atoms with Gasteiger partial charge in [-0.1, -0.05) is 29.8 Å². The van der Waals surface area contributed by atoms with Crippen LogP contribution in [0.25, 0.3) is 0 Å². The summed E-state index contributed by atoms with van der Waals surface area (Å²) in [4.78, 5) is 30.9. The maximum Gasteiger partial charge on any atom is 0.276 e. The Hall–Kier alpha value is -3.18. The molecule has 0 fully saturated rings. The van der Waals surface area contributed by atoms with Gasteiger partial charge < -0.3 is 10.2 Å². The molecule has 0 spiro atoms. The fourth-order valence-corrected chi connectivity index (χ4v) is 2.82. The Morgan fingerprint density at radius 3 is 2.48 bits per heavy atom. The van der Waals surface area contributed by atoms with E-state index in [0.29, 0.717) is 16.3 Å². The largest absolute Gasteiger partial charge is 0.322 e. The zero-order valence-electron chi connectivity index (χ0n) is 14.9. The molecule has 2 amide bonds. The second-order valence-corrected chi connectivity index (χ2v) is 6.48. The second-order valence-electron chi connectivity index (χ2n) is 6.04. The number of halogens is 1. The summed E-state index contributed by atoms with van der Waals surface area (Å²) in [7, 11) is 1.67. The van der Waals surface area contributed by atoms with Gasteiger partial charge in [0.1, 0.15) is 5.69 Å². The van der Waals surface area contributed by atoms with E-state index < -0.39 is 0 Å². The molecule has 1 aromatic heterocycles. The number of hydrogen-bond acceptors (Lipinski definition) is 3. The predicted octanol–water partition coefficient (Wildman–Crippen LogP) is 4.57. The Morgan fingerprint density at radius 1 is 1.04 bits per heavy atom. The number of carbonyl (C=O) groups excluding carboxylic acids is 2. The van der Waals surface area contributed by atoms with Crippen LogP contribution in [0.15, 0.2) is 66.9 Å². The van der Waals surface area contributed by atoms with Crippen LogP contribution in [0.5, 0.6) is 0 Å². The average Bonchev–Trinajstić information content (AvgIpc) is 2.69. The number of para-hydroxylation sites is 1. The number of rotatable bonds is 4. The molecule has 2 aromatic carbocycles. The van der Waals surface area contributed by atoms with Gasteiger partial charge in [0, 0.05) is 35.2 Å². The zero-order chi connectivity index (χ0) is 19.4. The Morgan fingerprint density at radius 2 is 1.78 bits per heavy atom. The highest BCUT2D eigenvalue weighted by atomic mass is 35.5. The number of aryl methyl sites for hydroxylation is 1. The molecule has 3 aromatic rings. The topological polar surface area (TPSA) is 62.3 Å². The molecule has 1 heterocycles. The van der Waals surface area contributed by atoms with Crippen molar-refractivity contribution in [3.63, 3.8) is 0 Å². The Balaban J connectivity index is 1.80. The van der Waals surface area contributed by atoms with Crippen molar-refractivity contribution in [1.29, 1.82) is 0 Å². The maximum absolute atomic E-state index is 12.7. The molecule has 0 saturated heterocycles. The van der Waals surface area contributed by atoms with E-state index >= 15 is 0 Å². The molecule has 0 aliphatic carbocycles. The third kappa shape index (κ3) is 4.33. The highest BCUT2D eigenvalue weighted by Gasteiger charge is 2.17. The van der Waals surface area contributed by atoms with Gasteiger partial charge in [-0.05, 0) is 55.0 Å². The smallest absolute Gasteiger partial charge is 0.276 e. The molecule has 136 valence electrons. The first-order valence-corrected chi connectivity index (χ1v) is 8.70. The van der Waals surface area contributed by atoms with Gasteiger partial charge in [-0.25, -0.2) is 0 Å². The van der Waals surface area contributed by atoms with Gasteiger partial charge in [-0.2, -0.15) is 0 Å². The molecule has 3 rings (SSSR count). The predicted molar refractivity (Wildman–Crippen MR) is 108 cm³/mol. The number of hydrogen-bond donors (Lipinski definition) is 1. The minimum Gasteiger partial charge on any atom is -0.322 e. The molecule has 5 nitrogen and oxygen atoms in total. The van der Waals surface area contributed by atoms with Crippen molar-refractivity contribution >= 4 is 34.8 Å². The van der Waals surface area contributed by atoms with Crippen LogP contribution >= 0.6 is 11.6 Å². The molecule has 0 bridgehead atoms. The van der Waals surface area contributed by atoms with E-state index in [4.69, 9.17) is 11.6 Å². The van der Waals surface area contributed by atoms with Gasteiger partial charge in [0.05, 0.1) is 0 Å². The van der Waals surface area contributed by atoms with Crippen LogP contribution in [0, 0.1) is 6.92 Å². The van der Waals surface area contributed by atoms with Crippen molar-refractivity contribution in [3.8, 4) is 0 Å². The van der Waals surface area contributed by atoms with Crippen LogP contribution in [0.1, 0.15) is 26.4 Å². The second kappa shape index (κ2) is 8.01. The number of nitrogens with one attached hydrogen (secondary N) is 1. The molecule has 0 aliphatic rings. The third-order valence-electron chi connectivity index (χ3n) is 4.13. The van der Waals surface area contributed by atoms with Gasteiger partial charge in [-0.15, -0.1) is 0 Å². The van der Waals surface area contributed by atoms with Crippen LogP contribution in [0.3, 0.4) is 0 Å². The van der Waals surface area contributed by atoms with Crippen LogP contribution in [0.2, 0.25) is 5.02 Å². The van der Waals surface area contributed by atoms with Crippen LogP contribution in [0.4, 0.5) is 11.4 Å². The van der Waals surface area contributed by atoms with E-state index in [1.807, 2.05) is 37.3 Å². The lowest BCUT2D eigenvalue weighted by Gasteiger charge is -2.17. The molecule has 0 atom stereocenters. The summed E-state index contributed by atoms with van der Waals surface area (Å²) in [6, 6.07) is 17.5. The monoisotopic (exact) mass is 379 g/mol. The average molecular weight is 380 g/mol. The van der Waals surface area contributed by atoms with Crippen LogP contribution in [-0.2, 0) is 0 Å². The number of amides is 2. The highest BCUT2D eigenvalue weighted by Crippen LogP contribution is 2.20. The van der Waals surface area contributed by atoms with E-state index in [-0.39, 0.29) is 17.5 Å². The quantitative estimate of drug-likeness (QED) is 0.722. The number of nitrogens with zero attached hydrogens (tertiary/aromatic N) is 2. The first-order chi connectivity index (χ1) is 13.0.